The van der Waals surface area contributed by atoms with Gasteiger partial charge in [0.15, 0.2) is 9.84 Å². The summed E-state index contributed by atoms with van der Waals surface area (Å²) in [4.78, 5) is 26.2. The molecule has 46 heavy (non-hydrogen) atoms. The molecule has 0 fully saturated rings. The van der Waals surface area contributed by atoms with Crippen molar-refractivity contribution in [2.45, 2.75) is 89.3 Å². The molecule has 0 aliphatic rings. The Morgan fingerprint density at radius 2 is 1.59 bits per heavy atom. The summed E-state index contributed by atoms with van der Waals surface area (Å²) >= 11 is 0. The maximum Gasteiger partial charge on any atom is 0.407 e. The lowest BCUT2D eigenvalue weighted by molar-refractivity contribution is -0.151. The Kier molecular flexibility index (Phi) is 17.1. The van der Waals surface area contributed by atoms with Gasteiger partial charge in [0.1, 0.15) is 30.4 Å². The number of nitrogens with two attached hydrogens (primary N) is 1. The van der Waals surface area contributed by atoms with E-state index in [1.54, 1.807) is 0 Å². The second-order valence-electron chi connectivity index (χ2n) is 11.3. The fourth-order valence-corrected chi connectivity index (χ4v) is 7.19. The van der Waals surface area contributed by atoms with Crippen LogP contribution in [0.1, 0.15) is 63.1 Å². The summed E-state index contributed by atoms with van der Waals surface area (Å²) in [5.41, 5.74) is 8.83. The summed E-state index contributed by atoms with van der Waals surface area (Å²) in [6.45, 7) is 6.20. The molecule has 0 aliphatic carbocycles. The Bertz CT molecular complexity index is 1320. The second-order valence-corrected chi connectivity index (χ2v) is 13.6. The largest absolute Gasteiger partial charge is 0.458 e. The number of methoxy groups -OCH3 is 1. The van der Waals surface area contributed by atoms with Gasteiger partial charge >= 0.3 is 12.1 Å². The van der Waals surface area contributed by atoms with E-state index >= 15 is 0 Å². The quantitative estimate of drug-likeness (QED) is 0.131. The molecule has 2 rings (SSSR count). The zero-order chi connectivity index (χ0) is 34.1. The van der Waals surface area contributed by atoms with Gasteiger partial charge in [-0.1, -0.05) is 57.9 Å². The molecule has 0 aliphatic heterocycles. The van der Waals surface area contributed by atoms with Crippen molar-refractivity contribution in [2.75, 3.05) is 32.6 Å². The van der Waals surface area contributed by atoms with E-state index in [1.165, 1.54) is 7.11 Å². The highest BCUT2D eigenvalue weighted by atomic mass is 32.2. The minimum atomic E-state index is -3.86. The van der Waals surface area contributed by atoms with Crippen molar-refractivity contribution in [3.63, 3.8) is 0 Å². The molecule has 0 radical (unpaired) electrons. The fraction of sp³-hybridized carbons (Fsp3) is 0.576. The van der Waals surface area contributed by atoms with Gasteiger partial charge in [0.05, 0.1) is 17.6 Å². The molecule has 0 aromatic heterocycles. The molecular formula is C33H49F2N3O7S. The summed E-state index contributed by atoms with van der Waals surface area (Å²) in [5, 5.41) is 4.85. The number of nitrogens with one attached hydrogen (secondary N) is 2. The van der Waals surface area contributed by atoms with E-state index in [2.05, 4.69) is 10.6 Å². The molecule has 0 saturated heterocycles. The zero-order valence-electron chi connectivity index (χ0n) is 27.2. The number of ether oxygens (including phenoxy) is 3. The number of amides is 1. The maximum absolute atomic E-state index is 13.9. The topological polar surface area (TPSA) is 146 Å². The number of sulfone groups is 1. The van der Waals surface area contributed by atoms with Crippen LogP contribution in [0.2, 0.25) is 0 Å². The minimum absolute atomic E-state index is 0.0348. The maximum atomic E-state index is 13.9. The van der Waals surface area contributed by atoms with Crippen molar-refractivity contribution in [1.29, 1.82) is 0 Å². The van der Waals surface area contributed by atoms with Crippen LogP contribution in [0.5, 0.6) is 0 Å². The number of esters is 1. The predicted octanol–water partition coefficient (Wildman–Crippen LogP) is 4.22. The smallest absolute Gasteiger partial charge is 0.407 e. The average Bonchev–Trinajstić information content (AvgIpc) is 2.99. The number of aryl methyl sites for hydroxylation is 1. The Balaban J connectivity index is 2.33. The minimum Gasteiger partial charge on any atom is -0.458 e. The van der Waals surface area contributed by atoms with Crippen LogP contribution in [-0.4, -0.2) is 76.5 Å². The highest BCUT2D eigenvalue weighted by Crippen LogP contribution is 2.18. The molecule has 10 nitrogen and oxygen atoms in total. The van der Waals surface area contributed by atoms with Gasteiger partial charge in [0, 0.05) is 32.3 Å². The van der Waals surface area contributed by atoms with Crippen LogP contribution in [0, 0.1) is 11.6 Å². The van der Waals surface area contributed by atoms with Crippen LogP contribution in [0.3, 0.4) is 0 Å². The third-order valence-corrected chi connectivity index (χ3v) is 9.72. The van der Waals surface area contributed by atoms with E-state index in [0.29, 0.717) is 32.2 Å². The van der Waals surface area contributed by atoms with Gasteiger partial charge < -0.3 is 30.6 Å². The van der Waals surface area contributed by atoms with Crippen molar-refractivity contribution in [3.05, 3.63) is 70.8 Å². The van der Waals surface area contributed by atoms with Crippen molar-refractivity contribution >= 4 is 21.9 Å². The lowest BCUT2D eigenvalue weighted by Crippen LogP contribution is -2.52. The molecule has 13 heteroatoms. The first kappa shape index (κ1) is 39.1. The van der Waals surface area contributed by atoms with E-state index < -0.39 is 62.7 Å². The number of benzene rings is 2. The van der Waals surface area contributed by atoms with Gasteiger partial charge in [-0.15, -0.1) is 0 Å². The number of carbonyl (C=O) groups is 2. The normalized spacial score (nSPS) is 13.7. The van der Waals surface area contributed by atoms with Gasteiger partial charge in [0.2, 0.25) is 0 Å². The SMILES string of the molecule is CCCC(CCC)S(=O)(=O)C[C@@H](NC(=O)OCCOC)C(=O)O[C@H](CNCc1cccc(CC)c1)[C@@H](N)Cc1cc(F)cc(F)c1. The number of hydrogen-bond acceptors (Lipinski definition) is 9. The van der Waals surface area contributed by atoms with E-state index in [1.807, 2.05) is 45.0 Å². The van der Waals surface area contributed by atoms with Crippen LogP contribution in [-0.2, 0) is 48.2 Å². The molecule has 0 spiro atoms. The standard InChI is InChI=1S/C33H49F2N3O7S/c1-5-9-28(10-6-2)46(41,42)22-30(38-33(40)44-14-13-43-4)32(39)45-31(21-37-20-24-12-8-11-23(7-3)15-24)29(36)18-25-16-26(34)19-27(35)17-25/h8,11-12,15-17,19,28-31,37H,5-7,9-10,13-14,18,20-22,36H2,1-4H3,(H,38,40)/t29-,30+,31+/m0/s1. The lowest BCUT2D eigenvalue weighted by Gasteiger charge is -2.28. The van der Waals surface area contributed by atoms with Crippen LogP contribution in [0.15, 0.2) is 42.5 Å². The predicted molar refractivity (Wildman–Crippen MR) is 173 cm³/mol. The Hall–Kier alpha value is -3.13. The van der Waals surface area contributed by atoms with Gasteiger partial charge in [-0.25, -0.2) is 26.8 Å². The van der Waals surface area contributed by atoms with Crippen LogP contribution < -0.4 is 16.4 Å². The van der Waals surface area contributed by atoms with Gasteiger partial charge in [0.25, 0.3) is 0 Å². The molecule has 2 aromatic rings. The highest BCUT2D eigenvalue weighted by Gasteiger charge is 2.35. The Labute approximate surface area is 271 Å². The molecular weight excluding hydrogens is 620 g/mol. The summed E-state index contributed by atoms with van der Waals surface area (Å²) in [6.07, 6.45) is 0.768. The van der Waals surface area contributed by atoms with Crippen molar-refractivity contribution < 1.29 is 41.0 Å². The fourth-order valence-electron chi connectivity index (χ4n) is 5.05. The number of rotatable bonds is 21. The summed E-state index contributed by atoms with van der Waals surface area (Å²) < 4.78 is 70.4. The van der Waals surface area contributed by atoms with E-state index in [9.17, 15) is 26.8 Å². The third kappa shape index (κ3) is 13.7. The molecule has 258 valence electrons. The zero-order valence-corrected chi connectivity index (χ0v) is 28.0. The molecule has 0 heterocycles. The summed E-state index contributed by atoms with van der Waals surface area (Å²) in [6, 6.07) is 8.39. The Morgan fingerprint density at radius 3 is 2.20 bits per heavy atom. The molecule has 0 bridgehead atoms. The number of halogens is 2. The van der Waals surface area contributed by atoms with Crippen molar-refractivity contribution in [3.8, 4) is 0 Å². The number of hydrogen-bond donors (Lipinski definition) is 3. The summed E-state index contributed by atoms with van der Waals surface area (Å²) in [7, 11) is -2.44. The van der Waals surface area contributed by atoms with Crippen LogP contribution in [0.25, 0.3) is 0 Å². The molecule has 2 aromatic carbocycles. The molecule has 1 amide bonds. The Morgan fingerprint density at radius 1 is 0.935 bits per heavy atom. The van der Waals surface area contributed by atoms with Crippen molar-refractivity contribution in [2.24, 2.45) is 5.73 Å². The average molecular weight is 670 g/mol. The monoisotopic (exact) mass is 669 g/mol. The third-order valence-electron chi connectivity index (χ3n) is 7.44. The summed E-state index contributed by atoms with van der Waals surface area (Å²) in [5.74, 6) is -3.29. The first-order chi connectivity index (χ1) is 21.9. The van der Waals surface area contributed by atoms with Gasteiger partial charge in [-0.3, -0.25) is 0 Å². The molecule has 3 atom stereocenters. The first-order valence-corrected chi connectivity index (χ1v) is 17.5. The molecule has 0 unspecified atom stereocenters. The van der Waals surface area contributed by atoms with Crippen LogP contribution in [0.4, 0.5) is 13.6 Å². The first-order valence-electron chi connectivity index (χ1n) is 15.8. The molecule has 0 saturated carbocycles. The van der Waals surface area contributed by atoms with Crippen LogP contribution >= 0.6 is 0 Å². The highest BCUT2D eigenvalue weighted by molar-refractivity contribution is 7.92. The number of carbonyl (C=O) groups excluding carboxylic acids is 2. The molecule has 4 N–H and O–H groups in total. The van der Waals surface area contributed by atoms with Crippen molar-refractivity contribution in [1.82, 2.24) is 10.6 Å². The van der Waals surface area contributed by atoms with E-state index in [-0.39, 0.29) is 31.7 Å². The second kappa shape index (κ2) is 20.2. The van der Waals surface area contributed by atoms with E-state index in [4.69, 9.17) is 19.9 Å². The van der Waals surface area contributed by atoms with Gasteiger partial charge in [-0.05, 0) is 54.5 Å². The lowest BCUT2D eigenvalue weighted by atomic mass is 10.0. The number of alkyl carbamates (subject to hydrolysis) is 1. The van der Waals surface area contributed by atoms with Gasteiger partial charge in [-0.2, -0.15) is 0 Å². The van der Waals surface area contributed by atoms with E-state index in [0.717, 1.165) is 35.7 Å².